The van der Waals surface area contributed by atoms with Crippen molar-refractivity contribution in [3.8, 4) is 6.01 Å². The highest BCUT2D eigenvalue weighted by atomic mass is 16.5. The molecule has 0 unspecified atom stereocenters. The van der Waals surface area contributed by atoms with Crippen molar-refractivity contribution in [1.82, 2.24) is 15.0 Å². The van der Waals surface area contributed by atoms with Crippen molar-refractivity contribution in [3.05, 3.63) is 0 Å². The van der Waals surface area contributed by atoms with Crippen LogP contribution in [0, 0.1) is 0 Å². The number of hydrogen-bond donors (Lipinski definition) is 2. The highest BCUT2D eigenvalue weighted by molar-refractivity contribution is 5.33. The lowest BCUT2D eigenvalue weighted by atomic mass is 10.3. The molecule has 0 radical (unpaired) electrons. The van der Waals surface area contributed by atoms with E-state index >= 15 is 0 Å². The first-order valence-electron chi connectivity index (χ1n) is 4.47. The first-order valence-corrected chi connectivity index (χ1v) is 4.47. The lowest BCUT2D eigenvalue weighted by molar-refractivity contribution is 0.379. The summed E-state index contributed by atoms with van der Waals surface area (Å²) in [5.41, 5.74) is 5.47. The second-order valence-electron chi connectivity index (χ2n) is 2.96. The van der Waals surface area contributed by atoms with E-state index < -0.39 is 0 Å². The van der Waals surface area contributed by atoms with Crippen molar-refractivity contribution >= 4 is 11.9 Å². The fraction of sp³-hybridized carbons (Fsp3) is 0.625. The van der Waals surface area contributed by atoms with Gasteiger partial charge in [-0.25, -0.2) is 0 Å². The van der Waals surface area contributed by atoms with Gasteiger partial charge in [0.25, 0.3) is 0 Å². The van der Waals surface area contributed by atoms with Crippen LogP contribution >= 0.6 is 0 Å². The van der Waals surface area contributed by atoms with Gasteiger partial charge in [0.2, 0.25) is 11.9 Å². The van der Waals surface area contributed by atoms with Crippen molar-refractivity contribution in [3.63, 3.8) is 0 Å². The van der Waals surface area contributed by atoms with Gasteiger partial charge in [0.1, 0.15) is 0 Å². The van der Waals surface area contributed by atoms with Crippen LogP contribution in [-0.2, 0) is 0 Å². The zero-order chi connectivity index (χ0) is 10.6. The molecule has 1 aromatic heterocycles. The second kappa shape index (κ2) is 4.59. The number of hydrogen-bond acceptors (Lipinski definition) is 6. The summed E-state index contributed by atoms with van der Waals surface area (Å²) in [4.78, 5) is 11.7. The first kappa shape index (κ1) is 10.5. The molecule has 0 saturated heterocycles. The van der Waals surface area contributed by atoms with Gasteiger partial charge in [-0.1, -0.05) is 6.92 Å². The van der Waals surface area contributed by atoms with E-state index in [1.54, 1.807) is 0 Å². The van der Waals surface area contributed by atoms with Gasteiger partial charge >= 0.3 is 6.01 Å². The number of nitrogen functional groups attached to an aromatic ring is 1. The Morgan fingerprint density at radius 3 is 2.71 bits per heavy atom. The highest BCUT2D eigenvalue weighted by Gasteiger charge is 2.06. The van der Waals surface area contributed by atoms with E-state index in [1.165, 1.54) is 7.11 Å². The molecule has 3 N–H and O–H groups in total. The van der Waals surface area contributed by atoms with Crippen molar-refractivity contribution in [2.75, 3.05) is 18.2 Å². The van der Waals surface area contributed by atoms with E-state index in [1.807, 2.05) is 6.92 Å². The van der Waals surface area contributed by atoms with Crippen LogP contribution in [-0.4, -0.2) is 28.1 Å². The maximum Gasteiger partial charge on any atom is 0.322 e. The molecule has 1 atom stereocenters. The van der Waals surface area contributed by atoms with Gasteiger partial charge in [-0.3, -0.25) is 0 Å². The number of methoxy groups -OCH3 is 1. The number of nitrogens with one attached hydrogen (secondary N) is 1. The minimum Gasteiger partial charge on any atom is -0.467 e. The molecule has 1 rings (SSSR count). The molecule has 78 valence electrons. The topological polar surface area (TPSA) is 86.0 Å². The average molecular weight is 197 g/mol. The molecule has 6 nitrogen and oxygen atoms in total. The molecular formula is C8H15N5O. The number of anilines is 2. The van der Waals surface area contributed by atoms with Gasteiger partial charge in [-0.15, -0.1) is 0 Å². The molecule has 6 heteroatoms. The molecule has 0 fully saturated rings. The Morgan fingerprint density at radius 2 is 2.14 bits per heavy atom. The van der Waals surface area contributed by atoms with E-state index in [2.05, 4.69) is 27.2 Å². The van der Waals surface area contributed by atoms with E-state index in [0.717, 1.165) is 6.42 Å². The van der Waals surface area contributed by atoms with Crippen LogP contribution in [0.4, 0.5) is 11.9 Å². The third-order valence-electron chi connectivity index (χ3n) is 1.80. The molecule has 0 amide bonds. The fourth-order valence-electron chi connectivity index (χ4n) is 0.850. The van der Waals surface area contributed by atoms with Crippen molar-refractivity contribution < 1.29 is 4.74 Å². The fourth-order valence-corrected chi connectivity index (χ4v) is 0.850. The lowest BCUT2D eigenvalue weighted by Crippen LogP contribution is -2.17. The Bertz CT molecular complexity index is 304. The highest BCUT2D eigenvalue weighted by Crippen LogP contribution is 2.09. The van der Waals surface area contributed by atoms with Crippen LogP contribution in [0.15, 0.2) is 0 Å². The number of ether oxygens (including phenoxy) is 1. The van der Waals surface area contributed by atoms with Gasteiger partial charge in [-0.05, 0) is 13.3 Å². The molecule has 0 aliphatic heterocycles. The normalized spacial score (nSPS) is 12.2. The van der Waals surface area contributed by atoms with Gasteiger partial charge in [0, 0.05) is 6.04 Å². The SMILES string of the molecule is CC[C@@H](C)Nc1nc(N)nc(OC)n1. The van der Waals surface area contributed by atoms with Crippen LogP contribution in [0.3, 0.4) is 0 Å². The molecule has 0 spiro atoms. The Kier molecular flexibility index (Phi) is 3.44. The molecule has 0 saturated carbocycles. The zero-order valence-electron chi connectivity index (χ0n) is 8.61. The van der Waals surface area contributed by atoms with Crippen LogP contribution < -0.4 is 15.8 Å². The molecule has 0 bridgehead atoms. The maximum atomic E-state index is 5.47. The molecule has 0 aliphatic carbocycles. The summed E-state index contributed by atoms with van der Waals surface area (Å²) in [6.45, 7) is 4.10. The van der Waals surface area contributed by atoms with E-state index in [9.17, 15) is 0 Å². The van der Waals surface area contributed by atoms with Crippen LogP contribution in [0.1, 0.15) is 20.3 Å². The zero-order valence-corrected chi connectivity index (χ0v) is 8.61. The predicted octanol–water partition coefficient (Wildman–Crippen LogP) is 0.673. The van der Waals surface area contributed by atoms with Gasteiger partial charge in [0.15, 0.2) is 0 Å². The number of nitrogens with two attached hydrogens (primary N) is 1. The Hall–Kier alpha value is -1.59. The minimum absolute atomic E-state index is 0.155. The van der Waals surface area contributed by atoms with E-state index in [4.69, 9.17) is 10.5 Å². The number of nitrogens with zero attached hydrogens (tertiary/aromatic N) is 3. The standard InChI is InChI=1S/C8H15N5O/c1-4-5(2)10-7-11-6(9)12-8(13-7)14-3/h5H,4H2,1-3H3,(H3,9,10,11,12,13)/t5-/m1/s1. The average Bonchev–Trinajstić information content (AvgIpc) is 2.16. The molecular weight excluding hydrogens is 182 g/mol. The van der Waals surface area contributed by atoms with Crippen LogP contribution in [0.2, 0.25) is 0 Å². The lowest BCUT2D eigenvalue weighted by Gasteiger charge is -2.11. The summed E-state index contributed by atoms with van der Waals surface area (Å²) >= 11 is 0. The summed E-state index contributed by atoms with van der Waals surface area (Å²) in [7, 11) is 1.49. The van der Waals surface area contributed by atoms with Gasteiger partial charge in [0.05, 0.1) is 7.11 Å². The van der Waals surface area contributed by atoms with E-state index in [0.29, 0.717) is 12.0 Å². The van der Waals surface area contributed by atoms with Crippen LogP contribution in [0.5, 0.6) is 6.01 Å². The minimum atomic E-state index is 0.155. The Balaban J connectivity index is 2.81. The first-order chi connectivity index (χ1) is 6.65. The molecule has 1 aromatic rings. The second-order valence-corrected chi connectivity index (χ2v) is 2.96. The Labute approximate surface area is 82.9 Å². The van der Waals surface area contributed by atoms with Crippen LogP contribution in [0.25, 0.3) is 0 Å². The largest absolute Gasteiger partial charge is 0.467 e. The van der Waals surface area contributed by atoms with Crippen molar-refractivity contribution in [2.24, 2.45) is 0 Å². The maximum absolute atomic E-state index is 5.47. The number of rotatable bonds is 4. The molecule has 14 heavy (non-hydrogen) atoms. The predicted molar refractivity (Wildman–Crippen MR) is 54.2 cm³/mol. The third kappa shape index (κ3) is 2.72. The quantitative estimate of drug-likeness (QED) is 0.738. The molecule has 1 heterocycles. The smallest absolute Gasteiger partial charge is 0.322 e. The summed E-state index contributed by atoms with van der Waals surface area (Å²) in [6, 6.07) is 0.518. The monoisotopic (exact) mass is 197 g/mol. The van der Waals surface area contributed by atoms with Gasteiger partial charge < -0.3 is 15.8 Å². The number of aromatic nitrogens is 3. The molecule has 0 aromatic carbocycles. The van der Waals surface area contributed by atoms with Crippen molar-refractivity contribution in [2.45, 2.75) is 26.3 Å². The third-order valence-corrected chi connectivity index (χ3v) is 1.80. The summed E-state index contributed by atoms with van der Waals surface area (Å²) in [6.07, 6.45) is 0.980. The molecule has 0 aliphatic rings. The summed E-state index contributed by atoms with van der Waals surface area (Å²) in [5, 5.41) is 3.08. The Morgan fingerprint density at radius 1 is 1.43 bits per heavy atom. The summed E-state index contributed by atoms with van der Waals surface area (Å²) < 4.78 is 4.87. The summed E-state index contributed by atoms with van der Waals surface area (Å²) in [5.74, 6) is 0.603. The van der Waals surface area contributed by atoms with Gasteiger partial charge in [-0.2, -0.15) is 15.0 Å². The van der Waals surface area contributed by atoms with E-state index in [-0.39, 0.29) is 12.0 Å². The van der Waals surface area contributed by atoms with Crippen molar-refractivity contribution in [1.29, 1.82) is 0 Å².